The molecule has 2 N–H and O–H groups in total. The summed E-state index contributed by atoms with van der Waals surface area (Å²) < 4.78 is 0. The molecule has 0 aromatic heterocycles. The lowest BCUT2D eigenvalue weighted by Gasteiger charge is -2.22. The first-order valence-electron chi connectivity index (χ1n) is 13.0. The standard InChI is InChI=1S/C28H45O2PS2/c1-3-5-7-9-11-13-19-25-21-15-17-23-27(25)33(31(29,30)32)28-24-18-16-22-26(28)20-14-12-10-8-6-4-2/h15-18,21-24,29-30,32H,3-14,19-20H2,1-2H3. The molecule has 33 heavy (non-hydrogen) atoms. The summed E-state index contributed by atoms with van der Waals surface area (Å²) in [6.07, 6.45) is 17.1. The van der Waals surface area contributed by atoms with Crippen molar-refractivity contribution in [2.24, 2.45) is 0 Å². The van der Waals surface area contributed by atoms with Crippen molar-refractivity contribution in [2.45, 2.75) is 114 Å². The second-order valence-corrected chi connectivity index (χ2v) is 16.6. The highest BCUT2D eigenvalue weighted by molar-refractivity contribution is 8.65. The first-order valence-corrected chi connectivity index (χ1v) is 17.6. The third-order valence-corrected chi connectivity index (χ3v) is 12.4. The molecule has 186 valence electrons. The van der Waals surface area contributed by atoms with Crippen LogP contribution < -0.4 is 0 Å². The lowest BCUT2D eigenvalue weighted by Crippen LogP contribution is -2.04. The van der Waals surface area contributed by atoms with Crippen molar-refractivity contribution in [3.63, 3.8) is 0 Å². The van der Waals surface area contributed by atoms with Gasteiger partial charge < -0.3 is 9.79 Å². The van der Waals surface area contributed by atoms with Gasteiger partial charge in [0.1, 0.15) is 0 Å². The van der Waals surface area contributed by atoms with Crippen LogP contribution in [0.2, 0.25) is 0 Å². The fourth-order valence-corrected chi connectivity index (χ4v) is 10.6. The fourth-order valence-electron chi connectivity index (χ4n) is 4.37. The maximum absolute atomic E-state index is 10.9. The zero-order valence-corrected chi connectivity index (χ0v) is 23.3. The van der Waals surface area contributed by atoms with Gasteiger partial charge in [-0.3, -0.25) is 0 Å². The Kier molecular flexibility index (Phi) is 14.1. The summed E-state index contributed by atoms with van der Waals surface area (Å²) in [6.45, 7) is 4.50. The Balaban J connectivity index is 2.22. The number of rotatable bonds is 16. The molecule has 0 saturated heterocycles. The molecular formula is C28H45O2PS2. The van der Waals surface area contributed by atoms with E-state index in [1.807, 2.05) is 12.1 Å². The molecule has 5 heteroatoms. The zero-order chi connectivity index (χ0) is 23.9. The monoisotopic (exact) mass is 508 g/mol. The summed E-state index contributed by atoms with van der Waals surface area (Å²) in [6, 6.07) is 16.7. The third kappa shape index (κ3) is 10.3. The second kappa shape index (κ2) is 16.2. The number of unbranched alkanes of at least 4 members (excludes halogenated alkanes) is 10. The van der Waals surface area contributed by atoms with E-state index in [2.05, 4.69) is 62.5 Å². The van der Waals surface area contributed by atoms with Gasteiger partial charge in [0.2, 0.25) is 5.69 Å². The van der Waals surface area contributed by atoms with E-state index in [1.165, 1.54) is 75.3 Å². The van der Waals surface area contributed by atoms with Crippen LogP contribution in [0.1, 0.15) is 102 Å². The highest BCUT2D eigenvalue weighted by Crippen LogP contribution is 2.52. The summed E-state index contributed by atoms with van der Waals surface area (Å²) in [5.74, 6) is 0. The minimum absolute atomic E-state index is 0.826. The van der Waals surface area contributed by atoms with E-state index >= 15 is 0 Å². The van der Waals surface area contributed by atoms with Crippen LogP contribution in [0.25, 0.3) is 0 Å². The van der Waals surface area contributed by atoms with Gasteiger partial charge in [-0.25, -0.2) is 0 Å². The molecule has 0 heterocycles. The minimum atomic E-state index is -3.41. The van der Waals surface area contributed by atoms with Gasteiger partial charge in [0.15, 0.2) is 0 Å². The predicted octanol–water partition coefficient (Wildman–Crippen LogP) is 9.12. The molecule has 2 aromatic carbocycles. The molecule has 0 fully saturated rings. The van der Waals surface area contributed by atoms with E-state index < -0.39 is 15.8 Å². The SMILES string of the molecule is CCCCCCCCc1ccccc1S(c1ccccc1CCCCCCCC)=P(O)(O)S. The van der Waals surface area contributed by atoms with Crippen LogP contribution in [-0.2, 0) is 22.9 Å². The molecule has 0 bridgehead atoms. The Morgan fingerprint density at radius 2 is 0.970 bits per heavy atom. The third-order valence-electron chi connectivity index (χ3n) is 6.21. The van der Waals surface area contributed by atoms with Crippen LogP contribution in [0.4, 0.5) is 0 Å². The number of thiol groups is 1. The van der Waals surface area contributed by atoms with Gasteiger partial charge in [0.25, 0.3) is 0 Å². The number of benzene rings is 2. The van der Waals surface area contributed by atoms with Crippen molar-refractivity contribution < 1.29 is 9.79 Å². The van der Waals surface area contributed by atoms with E-state index in [9.17, 15) is 9.79 Å². The summed E-state index contributed by atoms with van der Waals surface area (Å²) in [5, 5.41) is 0. The van der Waals surface area contributed by atoms with Gasteiger partial charge in [0.05, 0.1) is 0 Å². The minimum Gasteiger partial charge on any atom is -0.341 e. The van der Waals surface area contributed by atoms with E-state index in [0.717, 1.165) is 35.5 Å². The van der Waals surface area contributed by atoms with Crippen LogP contribution in [0.15, 0.2) is 58.3 Å². The highest BCUT2D eigenvalue weighted by atomic mass is 32.9. The average Bonchev–Trinajstić information content (AvgIpc) is 2.79. The first kappa shape index (κ1) is 28.7. The molecule has 2 nitrogen and oxygen atoms in total. The molecule has 0 aliphatic rings. The zero-order valence-electron chi connectivity index (χ0n) is 20.7. The Bertz CT molecular complexity index is 806. The molecule has 0 unspecified atom stereocenters. The highest BCUT2D eigenvalue weighted by Gasteiger charge is 2.20. The molecule has 0 amide bonds. The fraction of sp³-hybridized carbons (Fsp3) is 0.571. The van der Waals surface area contributed by atoms with Crippen LogP contribution in [0, 0.1) is 0 Å². The topological polar surface area (TPSA) is 40.5 Å². The molecule has 0 spiro atoms. The smallest absolute Gasteiger partial charge is 0.207 e. The van der Waals surface area contributed by atoms with Crippen molar-refractivity contribution in [3.05, 3.63) is 59.7 Å². The van der Waals surface area contributed by atoms with Crippen molar-refractivity contribution in [3.8, 4) is 0 Å². The van der Waals surface area contributed by atoms with E-state index in [-0.39, 0.29) is 0 Å². The second-order valence-electron chi connectivity index (χ2n) is 9.05. The summed E-state index contributed by atoms with van der Waals surface area (Å²) >= 11 is 4.40. The van der Waals surface area contributed by atoms with Crippen molar-refractivity contribution in [1.82, 2.24) is 0 Å². The van der Waals surface area contributed by atoms with E-state index in [4.69, 9.17) is 0 Å². The molecule has 2 rings (SSSR count). The van der Waals surface area contributed by atoms with Gasteiger partial charge in [-0.15, -0.1) is 0 Å². The maximum atomic E-state index is 10.9. The molecule has 0 saturated carbocycles. The first-order chi connectivity index (χ1) is 16.0. The normalized spacial score (nSPS) is 11.9. The summed E-state index contributed by atoms with van der Waals surface area (Å²) in [4.78, 5) is 24.0. The summed E-state index contributed by atoms with van der Waals surface area (Å²) in [5.41, 5.74) is -0.923. The Hall–Kier alpha value is -0.510. The average molecular weight is 509 g/mol. The molecule has 2 aromatic rings. The van der Waals surface area contributed by atoms with Crippen LogP contribution in [0.3, 0.4) is 0 Å². The molecule has 0 aliphatic heterocycles. The largest absolute Gasteiger partial charge is 0.341 e. The van der Waals surface area contributed by atoms with Crippen LogP contribution >= 0.6 is 17.9 Å². The summed E-state index contributed by atoms with van der Waals surface area (Å²) in [7, 11) is -0.826. The van der Waals surface area contributed by atoms with Gasteiger partial charge in [-0.1, -0.05) is 137 Å². The molecule has 0 atom stereocenters. The number of aryl methyl sites for hydroxylation is 2. The van der Waals surface area contributed by atoms with E-state index in [0.29, 0.717) is 0 Å². The van der Waals surface area contributed by atoms with Crippen molar-refractivity contribution in [2.75, 3.05) is 0 Å². The lowest BCUT2D eigenvalue weighted by molar-refractivity contribution is 0.502. The van der Waals surface area contributed by atoms with Crippen molar-refractivity contribution >= 4 is 28.0 Å². The van der Waals surface area contributed by atoms with E-state index in [1.54, 1.807) is 0 Å². The number of hydrogen-bond donors (Lipinski definition) is 3. The maximum Gasteiger partial charge on any atom is 0.207 e. The quantitative estimate of drug-likeness (QED) is 0.120. The van der Waals surface area contributed by atoms with Gasteiger partial charge in [0, 0.05) is 9.79 Å². The Morgan fingerprint density at radius 3 is 1.36 bits per heavy atom. The van der Waals surface area contributed by atoms with Crippen LogP contribution in [-0.4, -0.2) is 9.79 Å². The van der Waals surface area contributed by atoms with Gasteiger partial charge in [-0.05, 0) is 48.9 Å². The van der Waals surface area contributed by atoms with Gasteiger partial charge >= 0.3 is 0 Å². The Labute approximate surface area is 210 Å². The predicted molar refractivity (Wildman–Crippen MR) is 151 cm³/mol. The lowest BCUT2D eigenvalue weighted by atomic mass is 10.0. The van der Waals surface area contributed by atoms with Crippen LogP contribution in [0.5, 0.6) is 0 Å². The van der Waals surface area contributed by atoms with Crippen molar-refractivity contribution in [1.29, 1.82) is 0 Å². The Morgan fingerprint density at radius 1 is 0.606 bits per heavy atom. The number of hydrogen-bond acceptors (Lipinski definition) is 0. The molecule has 0 aliphatic carbocycles. The van der Waals surface area contributed by atoms with Gasteiger partial charge in [-0.2, -0.15) is 0 Å². The molecule has 0 radical (unpaired) electrons. The molecular weight excluding hydrogens is 463 g/mol.